The van der Waals surface area contributed by atoms with E-state index in [4.69, 9.17) is 4.74 Å². The van der Waals surface area contributed by atoms with Gasteiger partial charge in [-0.1, -0.05) is 39.8 Å². The molecule has 1 amide bonds. The summed E-state index contributed by atoms with van der Waals surface area (Å²) in [5.41, 5.74) is 2.77. The van der Waals surface area contributed by atoms with E-state index in [1.54, 1.807) is 7.11 Å². The summed E-state index contributed by atoms with van der Waals surface area (Å²) in [6.07, 6.45) is 0. The van der Waals surface area contributed by atoms with E-state index in [0.717, 1.165) is 32.9 Å². The van der Waals surface area contributed by atoms with E-state index in [2.05, 4.69) is 31.4 Å². The Hall–Kier alpha value is -2.32. The number of nitrogens with zero attached hydrogens (tertiary/aromatic N) is 3. The van der Waals surface area contributed by atoms with E-state index < -0.39 is 0 Å². The number of benzene rings is 2. The Morgan fingerprint density at radius 1 is 1.25 bits per heavy atom. The van der Waals surface area contributed by atoms with Crippen LogP contribution in [0.25, 0.3) is 11.4 Å². The van der Waals surface area contributed by atoms with Crippen molar-refractivity contribution in [2.24, 2.45) is 0 Å². The zero-order valence-corrected chi connectivity index (χ0v) is 18.3. The number of aryl methyl sites for hydroxylation is 1. The molecule has 28 heavy (non-hydrogen) atoms. The first kappa shape index (κ1) is 20.4. The summed E-state index contributed by atoms with van der Waals surface area (Å²) in [6, 6.07) is 13.4. The van der Waals surface area contributed by atoms with Gasteiger partial charge in [-0.05, 0) is 49.7 Å². The lowest BCUT2D eigenvalue weighted by Gasteiger charge is -2.09. The second-order valence-electron chi connectivity index (χ2n) is 6.08. The third-order valence-corrected chi connectivity index (χ3v) is 5.99. The maximum absolute atomic E-state index is 12.3. The van der Waals surface area contributed by atoms with Gasteiger partial charge in [0.15, 0.2) is 11.0 Å². The van der Waals surface area contributed by atoms with E-state index in [1.807, 2.05) is 60.9 Å². The van der Waals surface area contributed by atoms with E-state index in [1.165, 1.54) is 11.8 Å². The van der Waals surface area contributed by atoms with Crippen molar-refractivity contribution < 1.29 is 9.53 Å². The molecule has 2 aromatic carbocycles. The van der Waals surface area contributed by atoms with Crippen molar-refractivity contribution in [3.63, 3.8) is 0 Å². The van der Waals surface area contributed by atoms with Gasteiger partial charge in [0.25, 0.3) is 0 Å². The second-order valence-corrected chi connectivity index (χ2v) is 7.88. The minimum atomic E-state index is -0.0831. The molecule has 3 aromatic rings. The number of ether oxygens (including phenoxy) is 1. The molecule has 146 valence electrons. The maximum atomic E-state index is 12.3. The Morgan fingerprint density at radius 3 is 2.79 bits per heavy atom. The summed E-state index contributed by atoms with van der Waals surface area (Å²) in [5.74, 6) is 1.69. The van der Waals surface area contributed by atoms with Gasteiger partial charge in [-0.25, -0.2) is 0 Å². The summed E-state index contributed by atoms with van der Waals surface area (Å²) >= 11 is 4.83. The number of nitrogens with one attached hydrogen (secondary N) is 1. The van der Waals surface area contributed by atoms with Gasteiger partial charge >= 0.3 is 0 Å². The van der Waals surface area contributed by atoms with E-state index in [-0.39, 0.29) is 11.7 Å². The number of amides is 1. The summed E-state index contributed by atoms with van der Waals surface area (Å²) in [5, 5.41) is 12.2. The molecule has 0 bridgehead atoms. The molecule has 1 aromatic heterocycles. The molecule has 8 heteroatoms. The van der Waals surface area contributed by atoms with Crippen molar-refractivity contribution in [3.05, 3.63) is 52.5 Å². The Morgan fingerprint density at radius 2 is 2.07 bits per heavy atom. The highest BCUT2D eigenvalue weighted by Gasteiger charge is 2.15. The topological polar surface area (TPSA) is 69.0 Å². The highest BCUT2D eigenvalue weighted by atomic mass is 79.9. The Bertz CT molecular complexity index is 990. The second kappa shape index (κ2) is 9.25. The van der Waals surface area contributed by atoms with Crippen LogP contribution in [0.4, 0.5) is 5.69 Å². The van der Waals surface area contributed by atoms with Gasteiger partial charge in [0.05, 0.1) is 12.9 Å². The highest BCUT2D eigenvalue weighted by molar-refractivity contribution is 9.10. The van der Waals surface area contributed by atoms with Crippen LogP contribution in [-0.4, -0.2) is 33.5 Å². The van der Waals surface area contributed by atoms with Crippen LogP contribution in [0, 0.1) is 6.92 Å². The minimum absolute atomic E-state index is 0.0831. The number of carbonyl (C=O) groups is 1. The molecule has 6 nitrogen and oxygen atoms in total. The van der Waals surface area contributed by atoms with Gasteiger partial charge < -0.3 is 14.6 Å². The molecule has 3 rings (SSSR count). The van der Waals surface area contributed by atoms with Gasteiger partial charge in [0, 0.05) is 22.3 Å². The van der Waals surface area contributed by atoms with Crippen molar-refractivity contribution in [3.8, 4) is 17.1 Å². The van der Waals surface area contributed by atoms with Gasteiger partial charge in [-0.2, -0.15) is 0 Å². The number of methoxy groups -OCH3 is 1. The SMILES string of the molecule is CCn1c(SCC(=O)Nc2ccc(Br)c(C)c2)nnc1-c1cccc(OC)c1. The largest absolute Gasteiger partial charge is 0.497 e. The predicted molar refractivity (Wildman–Crippen MR) is 116 cm³/mol. The van der Waals surface area contributed by atoms with Gasteiger partial charge in [-0.15, -0.1) is 10.2 Å². The molecule has 0 saturated carbocycles. The van der Waals surface area contributed by atoms with Crippen molar-refractivity contribution in [2.75, 3.05) is 18.2 Å². The van der Waals surface area contributed by atoms with Gasteiger partial charge in [-0.3, -0.25) is 4.79 Å². The number of thioether (sulfide) groups is 1. The molecule has 0 spiro atoms. The zero-order valence-electron chi connectivity index (χ0n) is 15.9. The lowest BCUT2D eigenvalue weighted by atomic mass is 10.2. The van der Waals surface area contributed by atoms with Gasteiger partial charge in [0.2, 0.25) is 5.91 Å². The smallest absolute Gasteiger partial charge is 0.234 e. The Labute approximate surface area is 176 Å². The maximum Gasteiger partial charge on any atom is 0.234 e. The average Bonchev–Trinajstić information content (AvgIpc) is 3.12. The predicted octanol–water partition coefficient (Wildman–Crippen LogP) is 4.78. The molecular weight excluding hydrogens is 440 g/mol. The lowest BCUT2D eigenvalue weighted by molar-refractivity contribution is -0.113. The van der Waals surface area contributed by atoms with Crippen LogP contribution >= 0.6 is 27.7 Å². The molecule has 1 N–H and O–H groups in total. The summed E-state index contributed by atoms with van der Waals surface area (Å²) in [7, 11) is 1.64. The third-order valence-electron chi connectivity index (χ3n) is 4.14. The number of carbonyl (C=O) groups excluding carboxylic acids is 1. The molecule has 0 radical (unpaired) electrons. The number of halogens is 1. The molecule has 0 atom stereocenters. The fourth-order valence-electron chi connectivity index (χ4n) is 2.71. The Kier molecular flexibility index (Phi) is 6.74. The van der Waals surface area contributed by atoms with Crippen LogP contribution in [0.3, 0.4) is 0 Å². The summed E-state index contributed by atoms with van der Waals surface area (Å²) < 4.78 is 8.30. The molecule has 0 fully saturated rings. The minimum Gasteiger partial charge on any atom is -0.497 e. The molecule has 0 aliphatic heterocycles. The van der Waals surface area contributed by atoms with Gasteiger partial charge in [0.1, 0.15) is 5.75 Å². The number of hydrogen-bond donors (Lipinski definition) is 1. The fraction of sp³-hybridized carbons (Fsp3) is 0.250. The number of anilines is 1. The van der Waals surface area contributed by atoms with Crippen molar-refractivity contribution >= 4 is 39.3 Å². The van der Waals surface area contributed by atoms with E-state index in [9.17, 15) is 4.79 Å². The molecule has 1 heterocycles. The number of aromatic nitrogens is 3. The quantitative estimate of drug-likeness (QED) is 0.513. The molecule has 0 aliphatic carbocycles. The summed E-state index contributed by atoms with van der Waals surface area (Å²) in [6.45, 7) is 4.72. The van der Waals surface area contributed by atoms with Crippen molar-refractivity contribution in [1.29, 1.82) is 0 Å². The first-order valence-corrected chi connectivity index (χ1v) is 10.6. The lowest BCUT2D eigenvalue weighted by Crippen LogP contribution is -2.14. The molecule has 0 saturated heterocycles. The molecular formula is C20H21BrN4O2S. The number of rotatable bonds is 7. The standard InChI is InChI=1S/C20H21BrN4O2S/c1-4-25-19(14-6-5-7-16(11-14)27-3)23-24-20(25)28-12-18(26)22-15-8-9-17(21)13(2)10-15/h5-11H,4,12H2,1-3H3,(H,22,26). The van der Waals surface area contributed by atoms with Crippen LogP contribution in [-0.2, 0) is 11.3 Å². The van der Waals surface area contributed by atoms with Crippen LogP contribution in [0.5, 0.6) is 5.75 Å². The van der Waals surface area contributed by atoms with Crippen LogP contribution in [0.1, 0.15) is 12.5 Å². The fourth-order valence-corrected chi connectivity index (χ4v) is 3.75. The zero-order chi connectivity index (χ0) is 20.1. The third kappa shape index (κ3) is 4.74. The van der Waals surface area contributed by atoms with E-state index >= 15 is 0 Å². The normalized spacial score (nSPS) is 10.7. The van der Waals surface area contributed by atoms with Crippen molar-refractivity contribution in [2.45, 2.75) is 25.5 Å². The monoisotopic (exact) mass is 460 g/mol. The Balaban J connectivity index is 1.69. The van der Waals surface area contributed by atoms with Crippen LogP contribution in [0.2, 0.25) is 0 Å². The average molecular weight is 461 g/mol. The van der Waals surface area contributed by atoms with Crippen LogP contribution in [0.15, 0.2) is 52.1 Å². The van der Waals surface area contributed by atoms with E-state index in [0.29, 0.717) is 11.7 Å². The highest BCUT2D eigenvalue weighted by Crippen LogP contribution is 2.27. The first-order valence-electron chi connectivity index (χ1n) is 8.78. The van der Waals surface area contributed by atoms with Crippen LogP contribution < -0.4 is 10.1 Å². The van der Waals surface area contributed by atoms with Crippen molar-refractivity contribution in [1.82, 2.24) is 14.8 Å². The number of hydrogen-bond acceptors (Lipinski definition) is 5. The first-order chi connectivity index (χ1) is 13.5. The summed E-state index contributed by atoms with van der Waals surface area (Å²) in [4.78, 5) is 12.3. The molecule has 0 unspecified atom stereocenters. The molecule has 0 aliphatic rings.